The molecule has 2 amide bonds. The first-order chi connectivity index (χ1) is 15.5. The largest absolute Gasteiger partial charge is 0.457 e. The van der Waals surface area contributed by atoms with E-state index in [1.54, 1.807) is 12.1 Å². The number of alkyl halides is 3. The molecule has 0 radical (unpaired) electrons. The summed E-state index contributed by atoms with van der Waals surface area (Å²) in [5.41, 5.74) is -0.770. The zero-order chi connectivity index (χ0) is 24.2. The smallest absolute Gasteiger partial charge is 0.417 e. The number of halogens is 4. The first kappa shape index (κ1) is 24.4. The maximum absolute atomic E-state index is 12.9. The van der Waals surface area contributed by atoms with Gasteiger partial charge in [-0.25, -0.2) is 17.9 Å². The summed E-state index contributed by atoms with van der Waals surface area (Å²) in [4.78, 5) is 12.2. The van der Waals surface area contributed by atoms with E-state index in [2.05, 4.69) is 15.4 Å². The van der Waals surface area contributed by atoms with Gasteiger partial charge in [-0.2, -0.15) is 13.2 Å². The summed E-state index contributed by atoms with van der Waals surface area (Å²) >= 11 is 5.56. The van der Waals surface area contributed by atoms with Crippen molar-refractivity contribution in [2.24, 2.45) is 0 Å². The van der Waals surface area contributed by atoms with Crippen LogP contribution in [0.2, 0.25) is 5.02 Å². The highest BCUT2D eigenvalue weighted by Gasteiger charge is 2.33. The Hall–Kier alpha value is -3.28. The number of benzene rings is 3. The molecule has 0 aliphatic rings. The van der Waals surface area contributed by atoms with Crippen molar-refractivity contribution in [3.8, 4) is 11.5 Å². The van der Waals surface area contributed by atoms with Crippen molar-refractivity contribution in [3.63, 3.8) is 0 Å². The van der Waals surface area contributed by atoms with E-state index >= 15 is 0 Å². The summed E-state index contributed by atoms with van der Waals surface area (Å²) in [6.45, 7) is 0. The number of urea groups is 1. The second-order valence-corrected chi connectivity index (χ2v) is 8.87. The van der Waals surface area contributed by atoms with Crippen LogP contribution in [-0.2, 0) is 16.2 Å². The van der Waals surface area contributed by atoms with E-state index in [9.17, 15) is 26.4 Å². The van der Waals surface area contributed by atoms with Gasteiger partial charge in [-0.3, -0.25) is 0 Å². The fourth-order valence-electron chi connectivity index (χ4n) is 2.66. The molecule has 0 saturated carbocycles. The van der Waals surface area contributed by atoms with E-state index in [1.807, 2.05) is 0 Å². The van der Waals surface area contributed by atoms with Gasteiger partial charge in [0.15, 0.2) is 0 Å². The van der Waals surface area contributed by atoms with Crippen molar-refractivity contribution in [2.45, 2.75) is 11.1 Å². The molecule has 0 bridgehead atoms. The van der Waals surface area contributed by atoms with Crippen LogP contribution in [0.1, 0.15) is 5.56 Å². The Kier molecular flexibility index (Phi) is 7.15. The summed E-state index contributed by atoms with van der Waals surface area (Å²) in [6.07, 6.45) is -4.65. The van der Waals surface area contributed by atoms with Crippen molar-refractivity contribution in [3.05, 3.63) is 77.3 Å². The first-order valence-electron chi connectivity index (χ1n) is 9.24. The zero-order valence-corrected chi connectivity index (χ0v) is 18.5. The van der Waals surface area contributed by atoms with Crippen molar-refractivity contribution in [2.75, 3.05) is 17.7 Å². The minimum atomic E-state index is -4.65. The Morgan fingerprint density at radius 3 is 1.94 bits per heavy atom. The molecule has 3 rings (SSSR count). The zero-order valence-electron chi connectivity index (χ0n) is 16.9. The second-order valence-electron chi connectivity index (χ2n) is 6.58. The predicted octanol–water partition coefficient (Wildman–Crippen LogP) is 5.70. The quantitative estimate of drug-likeness (QED) is 0.405. The van der Waals surface area contributed by atoms with Crippen molar-refractivity contribution in [1.82, 2.24) is 4.72 Å². The third-order valence-electron chi connectivity index (χ3n) is 4.28. The lowest BCUT2D eigenvalue weighted by atomic mass is 10.2. The Morgan fingerprint density at radius 1 is 0.879 bits per heavy atom. The maximum Gasteiger partial charge on any atom is 0.417 e. The minimum absolute atomic E-state index is 0.0760. The molecule has 7 nitrogen and oxygen atoms in total. The topological polar surface area (TPSA) is 96.5 Å². The van der Waals surface area contributed by atoms with Gasteiger partial charge in [0.25, 0.3) is 0 Å². The highest BCUT2D eigenvalue weighted by Crippen LogP contribution is 2.36. The molecule has 0 saturated heterocycles. The number of sulfonamides is 1. The van der Waals surface area contributed by atoms with Crippen LogP contribution in [0.3, 0.4) is 0 Å². The number of rotatable bonds is 6. The summed E-state index contributed by atoms with van der Waals surface area (Å²) in [5, 5.41) is 4.33. The number of carbonyl (C=O) groups excluding carboxylic acids is 1. The Labute approximate surface area is 192 Å². The normalized spacial score (nSPS) is 11.7. The fourth-order valence-corrected chi connectivity index (χ4v) is 3.62. The van der Waals surface area contributed by atoms with Gasteiger partial charge in [0.1, 0.15) is 11.5 Å². The average Bonchev–Trinajstić information content (AvgIpc) is 2.76. The summed E-state index contributed by atoms with van der Waals surface area (Å²) in [5.74, 6) is 0.810. The van der Waals surface area contributed by atoms with E-state index in [0.717, 1.165) is 12.1 Å². The second kappa shape index (κ2) is 9.69. The lowest BCUT2D eigenvalue weighted by Gasteiger charge is -2.12. The van der Waals surface area contributed by atoms with Crippen LogP contribution in [0.4, 0.5) is 29.3 Å². The molecular weight excluding hydrogens is 483 g/mol. The number of amides is 2. The van der Waals surface area contributed by atoms with Crippen LogP contribution in [0, 0.1) is 0 Å². The number of nitrogens with one attached hydrogen (secondary N) is 3. The molecular formula is C21H17ClF3N3O4S. The van der Waals surface area contributed by atoms with Crippen LogP contribution in [0.5, 0.6) is 11.5 Å². The predicted molar refractivity (Wildman–Crippen MR) is 118 cm³/mol. The first-order valence-corrected chi connectivity index (χ1v) is 11.1. The van der Waals surface area contributed by atoms with Crippen LogP contribution in [0.15, 0.2) is 71.6 Å². The third-order valence-corrected chi connectivity index (χ3v) is 6.04. The number of hydrogen-bond acceptors (Lipinski definition) is 4. The Morgan fingerprint density at radius 2 is 1.39 bits per heavy atom. The van der Waals surface area contributed by atoms with E-state index in [1.165, 1.54) is 49.5 Å². The molecule has 0 aliphatic heterocycles. The Bertz CT molecular complexity index is 1250. The summed E-state index contributed by atoms with van der Waals surface area (Å²) in [6, 6.07) is 14.2. The van der Waals surface area contributed by atoms with Crippen LogP contribution < -0.4 is 20.1 Å². The molecule has 12 heteroatoms. The van der Waals surface area contributed by atoms with Crippen molar-refractivity contribution < 1.29 is 31.1 Å². The summed E-state index contributed by atoms with van der Waals surface area (Å²) in [7, 11) is -2.24. The highest BCUT2D eigenvalue weighted by atomic mass is 35.5. The number of anilines is 2. The molecule has 3 aromatic rings. The minimum Gasteiger partial charge on any atom is -0.457 e. The van der Waals surface area contributed by atoms with Gasteiger partial charge < -0.3 is 15.4 Å². The van der Waals surface area contributed by atoms with E-state index in [-0.39, 0.29) is 10.6 Å². The molecule has 0 atom stereocenters. The molecule has 3 N–H and O–H groups in total. The standard InChI is InChI=1S/C21H17ClF3N3O4S/c1-26-33(30,31)17-9-7-16(8-10-17)32-15-5-2-13(3-6-15)27-20(29)28-14-4-11-19(22)18(12-14)21(23,24)25/h2-12,26H,1H3,(H2,27,28,29). The number of carbonyl (C=O) groups is 1. The maximum atomic E-state index is 12.9. The van der Waals surface area contributed by atoms with Crippen LogP contribution in [-0.4, -0.2) is 21.5 Å². The molecule has 0 aliphatic carbocycles. The van der Waals surface area contributed by atoms with E-state index in [4.69, 9.17) is 16.3 Å². The van der Waals surface area contributed by atoms with Gasteiger partial charge in [-0.1, -0.05) is 11.6 Å². The van der Waals surface area contributed by atoms with Crippen LogP contribution in [0.25, 0.3) is 0 Å². The molecule has 0 unspecified atom stereocenters. The third kappa shape index (κ3) is 6.37. The molecule has 174 valence electrons. The van der Waals surface area contributed by atoms with Crippen molar-refractivity contribution in [1.29, 1.82) is 0 Å². The van der Waals surface area contributed by atoms with Gasteiger partial charge in [0, 0.05) is 11.4 Å². The van der Waals surface area contributed by atoms with E-state index in [0.29, 0.717) is 17.2 Å². The monoisotopic (exact) mass is 499 g/mol. The molecule has 0 spiro atoms. The lowest BCUT2D eigenvalue weighted by molar-refractivity contribution is -0.137. The van der Waals surface area contributed by atoms with Gasteiger partial charge in [0.2, 0.25) is 10.0 Å². The SMILES string of the molecule is CNS(=O)(=O)c1ccc(Oc2ccc(NC(=O)Nc3ccc(Cl)c(C(F)(F)F)c3)cc2)cc1. The Balaban J connectivity index is 1.61. The average molecular weight is 500 g/mol. The molecule has 3 aromatic carbocycles. The molecule has 0 heterocycles. The highest BCUT2D eigenvalue weighted by molar-refractivity contribution is 7.89. The van der Waals surface area contributed by atoms with Gasteiger partial charge in [0.05, 0.1) is 15.5 Å². The molecule has 0 fully saturated rings. The van der Waals surface area contributed by atoms with E-state index < -0.39 is 32.8 Å². The lowest BCUT2D eigenvalue weighted by Crippen LogP contribution is -2.19. The molecule has 33 heavy (non-hydrogen) atoms. The van der Waals surface area contributed by atoms with Gasteiger partial charge >= 0.3 is 12.2 Å². The summed E-state index contributed by atoms with van der Waals surface area (Å²) < 4.78 is 70.1. The molecule has 0 aromatic heterocycles. The van der Waals surface area contributed by atoms with Crippen molar-refractivity contribution >= 4 is 39.0 Å². The fraction of sp³-hybridized carbons (Fsp3) is 0.0952. The van der Waals surface area contributed by atoms with Gasteiger partial charge in [-0.05, 0) is 73.8 Å². The number of ether oxygens (including phenoxy) is 1. The number of hydrogen-bond donors (Lipinski definition) is 3. The van der Waals surface area contributed by atoms with Crippen LogP contribution >= 0.6 is 11.6 Å². The van der Waals surface area contributed by atoms with Gasteiger partial charge in [-0.15, -0.1) is 0 Å².